The molecule has 0 aliphatic heterocycles. The molecule has 2 nitrogen and oxygen atoms in total. The van der Waals surface area contributed by atoms with E-state index in [4.69, 9.17) is 0 Å². The van der Waals surface area contributed by atoms with E-state index in [1.165, 1.54) is 19.3 Å². The summed E-state index contributed by atoms with van der Waals surface area (Å²) < 4.78 is 13.6. The van der Waals surface area contributed by atoms with Crippen LogP contribution in [0, 0.1) is 0 Å². The number of hydrogen-bond donors (Lipinski definition) is 1. The molecule has 0 radical (unpaired) electrons. The van der Waals surface area contributed by atoms with Gasteiger partial charge in [-0.1, -0.05) is 25.8 Å². The van der Waals surface area contributed by atoms with Crippen LogP contribution in [0.1, 0.15) is 39.0 Å². The maximum absolute atomic E-state index is 12.5. The number of hydrogen-bond acceptors (Lipinski definition) is 3. The van der Waals surface area contributed by atoms with Gasteiger partial charge in [0, 0.05) is 6.04 Å². The van der Waals surface area contributed by atoms with Gasteiger partial charge in [0.15, 0.2) is 0 Å². The SMILES string of the molecule is CCCNC1CCCCC1S(=O)c1cccs1. The third-order valence-electron chi connectivity index (χ3n) is 3.33. The number of rotatable bonds is 5. The lowest BCUT2D eigenvalue weighted by Crippen LogP contribution is -2.44. The first kappa shape index (κ1) is 13.2. The highest BCUT2D eigenvalue weighted by Gasteiger charge is 2.30. The highest BCUT2D eigenvalue weighted by molar-refractivity contribution is 7.88. The number of nitrogens with one attached hydrogen (secondary N) is 1. The van der Waals surface area contributed by atoms with Crippen molar-refractivity contribution < 1.29 is 4.21 Å². The summed E-state index contributed by atoms with van der Waals surface area (Å²) in [5.41, 5.74) is 0. The summed E-state index contributed by atoms with van der Waals surface area (Å²) in [5.74, 6) is 0. The molecule has 0 amide bonds. The fourth-order valence-electron chi connectivity index (χ4n) is 2.44. The standard InChI is InChI=1S/C13H21NOS2/c1-2-9-14-11-6-3-4-7-12(11)17(15)13-8-5-10-16-13/h5,8,10-12,14H,2-4,6-7,9H2,1H3. The molecular weight excluding hydrogens is 250 g/mol. The molecule has 1 aromatic heterocycles. The van der Waals surface area contributed by atoms with Gasteiger partial charge in [-0.2, -0.15) is 0 Å². The topological polar surface area (TPSA) is 29.1 Å². The molecule has 1 aliphatic carbocycles. The van der Waals surface area contributed by atoms with Crippen LogP contribution in [0.5, 0.6) is 0 Å². The lowest BCUT2D eigenvalue weighted by molar-refractivity contribution is 0.379. The fourth-order valence-corrected chi connectivity index (χ4v) is 5.23. The van der Waals surface area contributed by atoms with Gasteiger partial charge in [-0.05, 0) is 37.3 Å². The van der Waals surface area contributed by atoms with E-state index >= 15 is 0 Å². The van der Waals surface area contributed by atoms with E-state index in [2.05, 4.69) is 12.2 Å². The van der Waals surface area contributed by atoms with Crippen LogP contribution in [0.25, 0.3) is 0 Å². The van der Waals surface area contributed by atoms with Crippen LogP contribution in [0.3, 0.4) is 0 Å². The molecular formula is C13H21NOS2. The minimum atomic E-state index is -0.816. The van der Waals surface area contributed by atoms with E-state index < -0.39 is 10.8 Å². The van der Waals surface area contributed by atoms with Gasteiger partial charge < -0.3 is 5.32 Å². The van der Waals surface area contributed by atoms with E-state index in [1.807, 2.05) is 17.5 Å². The fraction of sp³-hybridized carbons (Fsp3) is 0.692. The van der Waals surface area contributed by atoms with Gasteiger partial charge in [0.25, 0.3) is 0 Å². The third kappa shape index (κ3) is 3.39. The quantitative estimate of drug-likeness (QED) is 0.891. The molecule has 0 spiro atoms. The Labute approximate surface area is 110 Å². The first-order valence-electron chi connectivity index (χ1n) is 6.50. The second kappa shape index (κ2) is 6.66. The van der Waals surface area contributed by atoms with Crippen molar-refractivity contribution in [3.05, 3.63) is 17.5 Å². The lowest BCUT2D eigenvalue weighted by Gasteiger charge is -2.31. The Hall–Kier alpha value is -0.190. The van der Waals surface area contributed by atoms with Crippen molar-refractivity contribution in [1.29, 1.82) is 0 Å². The smallest absolute Gasteiger partial charge is 0.0914 e. The summed E-state index contributed by atoms with van der Waals surface area (Å²) in [6, 6.07) is 4.45. The molecule has 0 bridgehead atoms. The van der Waals surface area contributed by atoms with Crippen LogP contribution < -0.4 is 5.32 Å². The summed E-state index contributed by atoms with van der Waals surface area (Å²) in [6.07, 6.45) is 5.94. The molecule has 2 rings (SSSR count). The zero-order chi connectivity index (χ0) is 12.1. The molecule has 1 N–H and O–H groups in total. The van der Waals surface area contributed by atoms with Crippen LogP contribution in [0.2, 0.25) is 0 Å². The average molecular weight is 271 g/mol. The van der Waals surface area contributed by atoms with E-state index in [0.29, 0.717) is 11.3 Å². The lowest BCUT2D eigenvalue weighted by atomic mass is 9.95. The van der Waals surface area contributed by atoms with Crippen molar-refractivity contribution in [3.63, 3.8) is 0 Å². The molecule has 1 aliphatic rings. The third-order valence-corrected chi connectivity index (χ3v) is 6.42. The number of thiophene rings is 1. The molecule has 1 heterocycles. The molecule has 1 saturated carbocycles. The van der Waals surface area contributed by atoms with Gasteiger partial charge in [-0.25, -0.2) is 0 Å². The first-order chi connectivity index (χ1) is 8.33. The van der Waals surface area contributed by atoms with Gasteiger partial charge in [-0.15, -0.1) is 11.3 Å². The maximum atomic E-state index is 12.5. The van der Waals surface area contributed by atoms with Gasteiger partial charge in [0.2, 0.25) is 0 Å². The van der Waals surface area contributed by atoms with E-state index in [-0.39, 0.29) is 0 Å². The zero-order valence-corrected chi connectivity index (χ0v) is 12.0. The Kier molecular flexibility index (Phi) is 5.19. The predicted molar refractivity (Wildman–Crippen MR) is 75.1 cm³/mol. The molecule has 0 saturated heterocycles. The Balaban J connectivity index is 2.03. The van der Waals surface area contributed by atoms with Crippen molar-refractivity contribution in [2.24, 2.45) is 0 Å². The molecule has 3 atom stereocenters. The van der Waals surface area contributed by atoms with E-state index in [1.54, 1.807) is 11.3 Å². The molecule has 17 heavy (non-hydrogen) atoms. The van der Waals surface area contributed by atoms with E-state index in [0.717, 1.165) is 23.6 Å². The zero-order valence-electron chi connectivity index (χ0n) is 10.4. The second-order valence-electron chi connectivity index (χ2n) is 4.61. The largest absolute Gasteiger partial charge is 0.313 e. The Morgan fingerprint density at radius 1 is 1.47 bits per heavy atom. The van der Waals surface area contributed by atoms with Crippen molar-refractivity contribution in [2.45, 2.75) is 54.5 Å². The molecule has 3 unspecified atom stereocenters. The Morgan fingerprint density at radius 2 is 2.29 bits per heavy atom. The molecule has 4 heteroatoms. The van der Waals surface area contributed by atoms with Crippen LogP contribution in [0.4, 0.5) is 0 Å². The Morgan fingerprint density at radius 3 is 3.00 bits per heavy atom. The highest BCUT2D eigenvalue weighted by Crippen LogP contribution is 2.28. The minimum Gasteiger partial charge on any atom is -0.313 e. The average Bonchev–Trinajstić information content (AvgIpc) is 2.89. The minimum absolute atomic E-state index is 0.314. The summed E-state index contributed by atoms with van der Waals surface area (Å²) >= 11 is 1.62. The molecule has 1 aromatic rings. The van der Waals surface area contributed by atoms with E-state index in [9.17, 15) is 4.21 Å². The maximum Gasteiger partial charge on any atom is 0.0914 e. The first-order valence-corrected chi connectivity index (χ1v) is 8.59. The van der Waals surface area contributed by atoms with Crippen molar-refractivity contribution in [2.75, 3.05) is 6.54 Å². The van der Waals surface area contributed by atoms with Crippen molar-refractivity contribution >= 4 is 22.1 Å². The van der Waals surface area contributed by atoms with Gasteiger partial charge in [0.1, 0.15) is 0 Å². The van der Waals surface area contributed by atoms with Crippen molar-refractivity contribution in [3.8, 4) is 0 Å². The van der Waals surface area contributed by atoms with Crippen LogP contribution in [-0.4, -0.2) is 22.0 Å². The second-order valence-corrected chi connectivity index (χ2v) is 7.46. The summed E-state index contributed by atoms with van der Waals surface area (Å²) in [5, 5.41) is 5.91. The van der Waals surface area contributed by atoms with Crippen molar-refractivity contribution in [1.82, 2.24) is 5.32 Å². The monoisotopic (exact) mass is 271 g/mol. The molecule has 1 fully saturated rings. The van der Waals surface area contributed by atoms with Crippen LogP contribution >= 0.6 is 11.3 Å². The van der Waals surface area contributed by atoms with Gasteiger partial charge in [0.05, 0.1) is 20.3 Å². The van der Waals surface area contributed by atoms with Crippen LogP contribution in [0.15, 0.2) is 21.7 Å². The summed E-state index contributed by atoms with van der Waals surface area (Å²) in [6.45, 7) is 3.23. The van der Waals surface area contributed by atoms with Gasteiger partial charge >= 0.3 is 0 Å². The molecule has 96 valence electrons. The predicted octanol–water partition coefficient (Wildman–Crippen LogP) is 3.17. The summed E-state index contributed by atoms with van der Waals surface area (Å²) in [4.78, 5) is 0. The molecule has 0 aromatic carbocycles. The van der Waals surface area contributed by atoms with Crippen LogP contribution in [-0.2, 0) is 10.8 Å². The Bertz CT molecular complexity index is 350. The summed E-state index contributed by atoms with van der Waals surface area (Å²) in [7, 11) is -0.816. The van der Waals surface area contributed by atoms with Gasteiger partial charge in [-0.3, -0.25) is 4.21 Å². The highest BCUT2D eigenvalue weighted by atomic mass is 32.2. The normalized spacial score (nSPS) is 26.9.